The lowest BCUT2D eigenvalue weighted by molar-refractivity contribution is 0.355. The van der Waals surface area contributed by atoms with Gasteiger partial charge in [-0.05, 0) is 17.7 Å². The first kappa shape index (κ1) is 15.6. The Morgan fingerprint density at radius 1 is 1.04 bits per heavy atom. The average Bonchev–Trinajstić information content (AvgIpc) is 2.58. The number of aromatic nitrogens is 2. The van der Waals surface area contributed by atoms with E-state index in [-0.39, 0.29) is 0 Å². The zero-order valence-electron chi connectivity index (χ0n) is 12.8. The van der Waals surface area contributed by atoms with E-state index in [2.05, 4.69) is 43.3 Å². The molecule has 0 bridgehead atoms. The zero-order chi connectivity index (χ0) is 16.2. The smallest absolute Gasteiger partial charge is 0.163 e. The van der Waals surface area contributed by atoms with Crippen LogP contribution >= 0.6 is 15.9 Å². The van der Waals surface area contributed by atoms with Gasteiger partial charge in [-0.2, -0.15) is 0 Å². The van der Waals surface area contributed by atoms with Gasteiger partial charge in [0.05, 0.1) is 31.4 Å². The molecule has 0 aliphatic rings. The van der Waals surface area contributed by atoms with E-state index >= 15 is 0 Å². The molecule has 23 heavy (non-hydrogen) atoms. The molecule has 2 aromatic carbocycles. The number of hydrogen-bond acceptors (Lipinski definition) is 5. The topological polar surface area (TPSA) is 56.3 Å². The van der Waals surface area contributed by atoms with Crippen LogP contribution < -0.4 is 14.8 Å². The minimum Gasteiger partial charge on any atom is -0.493 e. The first-order valence-electron chi connectivity index (χ1n) is 7.06. The third-order valence-electron chi connectivity index (χ3n) is 3.41. The van der Waals surface area contributed by atoms with Crippen LogP contribution in [-0.4, -0.2) is 24.2 Å². The number of benzene rings is 2. The molecule has 1 aromatic heterocycles. The monoisotopic (exact) mass is 373 g/mol. The Balaban J connectivity index is 1.84. The Morgan fingerprint density at radius 2 is 1.78 bits per heavy atom. The lowest BCUT2D eigenvalue weighted by Crippen LogP contribution is -2.02. The van der Waals surface area contributed by atoms with Crippen molar-refractivity contribution in [3.63, 3.8) is 0 Å². The van der Waals surface area contributed by atoms with Crippen molar-refractivity contribution >= 4 is 32.8 Å². The number of ether oxygens (including phenoxy) is 2. The third kappa shape index (κ3) is 3.53. The van der Waals surface area contributed by atoms with Crippen LogP contribution in [0.4, 0.5) is 5.82 Å². The average molecular weight is 374 g/mol. The molecule has 1 heterocycles. The Bertz CT molecular complexity index is 839. The fraction of sp³-hybridized carbons (Fsp3) is 0.176. The Kier molecular flexibility index (Phi) is 4.62. The maximum atomic E-state index is 5.31. The van der Waals surface area contributed by atoms with Crippen LogP contribution in [0.3, 0.4) is 0 Å². The summed E-state index contributed by atoms with van der Waals surface area (Å²) in [6.45, 7) is 0.674. The van der Waals surface area contributed by atoms with Crippen LogP contribution in [0.2, 0.25) is 0 Å². The summed E-state index contributed by atoms with van der Waals surface area (Å²) in [4.78, 5) is 9.00. The van der Waals surface area contributed by atoms with E-state index in [1.54, 1.807) is 20.4 Å². The normalized spacial score (nSPS) is 10.6. The summed E-state index contributed by atoms with van der Waals surface area (Å²) in [7, 11) is 3.21. The van der Waals surface area contributed by atoms with E-state index in [0.29, 0.717) is 23.9 Å². The molecular formula is C17H16BrN3O2. The minimum absolute atomic E-state index is 0.637. The number of halogens is 1. The number of rotatable bonds is 5. The lowest BCUT2D eigenvalue weighted by Gasteiger charge is -2.10. The molecule has 0 radical (unpaired) electrons. The zero-order valence-corrected chi connectivity index (χ0v) is 14.4. The highest BCUT2D eigenvalue weighted by molar-refractivity contribution is 9.10. The predicted octanol–water partition coefficient (Wildman–Crippen LogP) is 4.02. The summed E-state index contributed by atoms with van der Waals surface area (Å²) >= 11 is 3.47. The Labute approximate surface area is 142 Å². The van der Waals surface area contributed by atoms with Crippen molar-refractivity contribution < 1.29 is 9.47 Å². The van der Waals surface area contributed by atoms with E-state index < -0.39 is 0 Å². The van der Waals surface area contributed by atoms with Crippen molar-refractivity contribution in [3.8, 4) is 11.5 Å². The Morgan fingerprint density at radius 3 is 2.48 bits per heavy atom. The quantitative estimate of drug-likeness (QED) is 0.731. The number of fused-ring (bicyclic) bond motifs is 1. The van der Waals surface area contributed by atoms with Crippen molar-refractivity contribution in [2.75, 3.05) is 19.5 Å². The third-order valence-corrected chi connectivity index (χ3v) is 3.90. The SMILES string of the molecule is COc1cc2ncc(NCc3cccc(Br)c3)nc2cc1OC. The number of nitrogens with zero attached hydrogens (tertiary/aromatic N) is 2. The fourth-order valence-electron chi connectivity index (χ4n) is 2.26. The highest BCUT2D eigenvalue weighted by atomic mass is 79.9. The van der Waals surface area contributed by atoms with Crippen LogP contribution in [-0.2, 0) is 6.54 Å². The van der Waals surface area contributed by atoms with Gasteiger partial charge in [-0.15, -0.1) is 0 Å². The van der Waals surface area contributed by atoms with E-state index in [4.69, 9.17) is 9.47 Å². The minimum atomic E-state index is 0.637. The molecule has 0 aliphatic carbocycles. The Hall–Kier alpha value is -2.34. The molecule has 3 aromatic rings. The largest absolute Gasteiger partial charge is 0.493 e. The van der Waals surface area contributed by atoms with Crippen molar-refractivity contribution in [1.29, 1.82) is 0 Å². The van der Waals surface area contributed by atoms with Crippen LogP contribution in [0.25, 0.3) is 11.0 Å². The summed E-state index contributed by atoms with van der Waals surface area (Å²) in [5, 5.41) is 3.28. The number of hydrogen-bond donors (Lipinski definition) is 1. The second-order valence-corrected chi connectivity index (χ2v) is 5.85. The summed E-state index contributed by atoms with van der Waals surface area (Å²) in [6.07, 6.45) is 1.71. The van der Waals surface area contributed by atoms with Gasteiger partial charge < -0.3 is 14.8 Å². The molecule has 0 saturated heterocycles. The molecule has 6 heteroatoms. The number of methoxy groups -OCH3 is 2. The molecule has 0 aliphatic heterocycles. The van der Waals surface area contributed by atoms with E-state index in [1.807, 2.05) is 24.3 Å². The highest BCUT2D eigenvalue weighted by Crippen LogP contribution is 2.30. The summed E-state index contributed by atoms with van der Waals surface area (Å²) in [5.74, 6) is 1.99. The fourth-order valence-corrected chi connectivity index (χ4v) is 2.71. The molecule has 118 valence electrons. The van der Waals surface area contributed by atoms with Crippen LogP contribution in [0.15, 0.2) is 47.1 Å². The van der Waals surface area contributed by atoms with Gasteiger partial charge in [-0.25, -0.2) is 4.98 Å². The molecule has 0 saturated carbocycles. The van der Waals surface area contributed by atoms with Gasteiger partial charge in [0.15, 0.2) is 11.5 Å². The van der Waals surface area contributed by atoms with E-state index in [9.17, 15) is 0 Å². The van der Waals surface area contributed by atoms with Crippen molar-refractivity contribution in [3.05, 3.63) is 52.6 Å². The van der Waals surface area contributed by atoms with Gasteiger partial charge in [0.2, 0.25) is 0 Å². The van der Waals surface area contributed by atoms with Gasteiger partial charge in [0.1, 0.15) is 5.82 Å². The van der Waals surface area contributed by atoms with Gasteiger partial charge in [-0.1, -0.05) is 28.1 Å². The molecular weight excluding hydrogens is 358 g/mol. The van der Waals surface area contributed by atoms with Crippen LogP contribution in [0.1, 0.15) is 5.56 Å². The van der Waals surface area contributed by atoms with Crippen molar-refractivity contribution in [1.82, 2.24) is 9.97 Å². The second kappa shape index (κ2) is 6.83. The molecule has 0 spiro atoms. The molecule has 3 rings (SSSR count). The predicted molar refractivity (Wildman–Crippen MR) is 94.1 cm³/mol. The van der Waals surface area contributed by atoms with Crippen LogP contribution in [0.5, 0.6) is 11.5 Å². The van der Waals surface area contributed by atoms with E-state index in [1.165, 1.54) is 0 Å². The van der Waals surface area contributed by atoms with Crippen molar-refractivity contribution in [2.45, 2.75) is 6.54 Å². The first-order valence-corrected chi connectivity index (χ1v) is 7.86. The maximum Gasteiger partial charge on any atom is 0.163 e. The summed E-state index contributed by atoms with van der Waals surface area (Å²) in [6, 6.07) is 11.8. The second-order valence-electron chi connectivity index (χ2n) is 4.93. The highest BCUT2D eigenvalue weighted by Gasteiger charge is 2.08. The number of anilines is 1. The van der Waals surface area contributed by atoms with E-state index in [0.717, 1.165) is 21.1 Å². The summed E-state index contributed by atoms with van der Waals surface area (Å²) in [5.41, 5.74) is 2.67. The van der Waals surface area contributed by atoms with Gasteiger partial charge in [-0.3, -0.25) is 4.98 Å². The first-order chi connectivity index (χ1) is 11.2. The molecule has 5 nitrogen and oxygen atoms in total. The summed E-state index contributed by atoms with van der Waals surface area (Å²) < 4.78 is 11.6. The number of nitrogens with one attached hydrogen (secondary N) is 1. The van der Waals surface area contributed by atoms with Crippen molar-refractivity contribution in [2.24, 2.45) is 0 Å². The standard InChI is InChI=1S/C17H16BrN3O2/c1-22-15-7-13-14(8-16(15)23-2)21-17(10-19-13)20-9-11-4-3-5-12(18)6-11/h3-8,10H,9H2,1-2H3,(H,20,21). The molecule has 0 amide bonds. The van der Waals surface area contributed by atoms with Crippen LogP contribution in [0, 0.1) is 0 Å². The molecule has 0 fully saturated rings. The van der Waals surface area contributed by atoms with Gasteiger partial charge in [0.25, 0.3) is 0 Å². The maximum absolute atomic E-state index is 5.31. The molecule has 0 unspecified atom stereocenters. The van der Waals surface area contributed by atoms with Gasteiger partial charge in [0, 0.05) is 23.2 Å². The lowest BCUT2D eigenvalue weighted by atomic mass is 10.2. The molecule has 0 atom stereocenters. The van der Waals surface area contributed by atoms with Gasteiger partial charge >= 0.3 is 0 Å². The molecule has 1 N–H and O–H groups in total.